The van der Waals surface area contributed by atoms with E-state index in [4.69, 9.17) is 0 Å². The molecular weight excluding hydrogens is 254 g/mol. The lowest BCUT2D eigenvalue weighted by atomic mass is 10.3. The van der Waals surface area contributed by atoms with Gasteiger partial charge in [0.15, 0.2) is 5.13 Å². The van der Waals surface area contributed by atoms with E-state index in [2.05, 4.69) is 14.9 Å². The Morgan fingerprint density at radius 2 is 2.24 bits per heavy atom. The number of aliphatic hydroxyl groups excluding tert-OH is 1. The van der Waals surface area contributed by atoms with Gasteiger partial charge >= 0.3 is 0 Å². The van der Waals surface area contributed by atoms with Gasteiger partial charge in [-0.3, -0.25) is 0 Å². The molecule has 0 radical (unpaired) electrons. The first-order valence-electron chi connectivity index (χ1n) is 5.31. The third-order valence-corrected chi connectivity index (χ3v) is 4.38. The molecule has 1 unspecified atom stereocenters. The first-order chi connectivity index (χ1) is 8.08. The summed E-state index contributed by atoms with van der Waals surface area (Å²) in [6.07, 6.45) is -0.501. The predicted molar refractivity (Wildman–Crippen MR) is 71.7 cm³/mol. The SMILES string of the molecule is Cc1ncsc1CN(C)c1nc(C(C)O)cs1. The zero-order chi connectivity index (χ0) is 12.4. The van der Waals surface area contributed by atoms with Crippen molar-refractivity contribution in [3.05, 3.63) is 27.2 Å². The van der Waals surface area contributed by atoms with Crippen molar-refractivity contribution in [3.63, 3.8) is 0 Å². The van der Waals surface area contributed by atoms with Gasteiger partial charge in [-0.25, -0.2) is 9.97 Å². The summed E-state index contributed by atoms with van der Waals surface area (Å²) >= 11 is 3.21. The molecule has 0 bridgehead atoms. The maximum Gasteiger partial charge on any atom is 0.185 e. The minimum Gasteiger partial charge on any atom is -0.387 e. The summed E-state index contributed by atoms with van der Waals surface area (Å²) < 4.78 is 0. The molecule has 2 rings (SSSR count). The normalized spacial score (nSPS) is 12.7. The highest BCUT2D eigenvalue weighted by molar-refractivity contribution is 7.13. The van der Waals surface area contributed by atoms with E-state index in [1.54, 1.807) is 29.6 Å². The van der Waals surface area contributed by atoms with E-state index < -0.39 is 6.10 Å². The second-order valence-electron chi connectivity index (χ2n) is 3.95. The van der Waals surface area contributed by atoms with Crippen LogP contribution in [0, 0.1) is 6.92 Å². The van der Waals surface area contributed by atoms with Crippen molar-refractivity contribution < 1.29 is 5.11 Å². The molecule has 92 valence electrons. The van der Waals surface area contributed by atoms with Crippen LogP contribution in [-0.4, -0.2) is 22.1 Å². The largest absolute Gasteiger partial charge is 0.387 e. The van der Waals surface area contributed by atoms with Crippen LogP contribution in [0.3, 0.4) is 0 Å². The number of nitrogens with zero attached hydrogens (tertiary/aromatic N) is 3. The molecule has 1 atom stereocenters. The average molecular weight is 269 g/mol. The fourth-order valence-corrected chi connectivity index (χ4v) is 3.11. The van der Waals surface area contributed by atoms with Crippen LogP contribution >= 0.6 is 22.7 Å². The Morgan fingerprint density at radius 1 is 1.47 bits per heavy atom. The Hall–Kier alpha value is -0.980. The molecule has 0 aliphatic carbocycles. The van der Waals surface area contributed by atoms with Gasteiger partial charge in [0, 0.05) is 17.3 Å². The Bertz CT molecular complexity index is 492. The Kier molecular flexibility index (Phi) is 3.76. The maximum absolute atomic E-state index is 9.44. The van der Waals surface area contributed by atoms with E-state index in [1.165, 1.54) is 4.88 Å². The van der Waals surface area contributed by atoms with Gasteiger partial charge in [0.25, 0.3) is 0 Å². The molecule has 4 nitrogen and oxygen atoms in total. The van der Waals surface area contributed by atoms with Crippen molar-refractivity contribution in [2.45, 2.75) is 26.5 Å². The minimum absolute atomic E-state index is 0.501. The van der Waals surface area contributed by atoms with Crippen LogP contribution in [0.4, 0.5) is 5.13 Å². The average Bonchev–Trinajstić information content (AvgIpc) is 2.88. The Morgan fingerprint density at radius 3 is 2.76 bits per heavy atom. The van der Waals surface area contributed by atoms with Crippen molar-refractivity contribution in [1.29, 1.82) is 0 Å². The van der Waals surface area contributed by atoms with Gasteiger partial charge < -0.3 is 10.0 Å². The Labute approximate surface area is 109 Å². The molecule has 2 aromatic heterocycles. The molecular formula is C11H15N3OS2. The smallest absolute Gasteiger partial charge is 0.185 e. The summed E-state index contributed by atoms with van der Waals surface area (Å²) in [7, 11) is 2.00. The van der Waals surface area contributed by atoms with Gasteiger partial charge in [-0.15, -0.1) is 22.7 Å². The molecule has 0 fully saturated rings. The summed E-state index contributed by atoms with van der Waals surface area (Å²) in [6.45, 7) is 4.55. The maximum atomic E-state index is 9.44. The van der Waals surface area contributed by atoms with Crippen molar-refractivity contribution in [2.75, 3.05) is 11.9 Å². The standard InChI is InChI=1S/C11H15N3OS2/c1-7-10(17-6-12-7)4-14(3)11-13-9(5-16-11)8(2)15/h5-6,8,15H,4H2,1-3H3. The van der Waals surface area contributed by atoms with Crippen molar-refractivity contribution >= 4 is 27.8 Å². The van der Waals surface area contributed by atoms with Gasteiger partial charge in [-0.2, -0.15) is 0 Å². The molecule has 0 spiro atoms. The number of anilines is 1. The molecule has 6 heteroatoms. The van der Waals surface area contributed by atoms with E-state index >= 15 is 0 Å². The first kappa shape index (κ1) is 12.5. The molecule has 0 aliphatic heterocycles. The van der Waals surface area contributed by atoms with Crippen molar-refractivity contribution in [2.24, 2.45) is 0 Å². The van der Waals surface area contributed by atoms with Crippen LogP contribution in [0.5, 0.6) is 0 Å². The zero-order valence-corrected chi connectivity index (χ0v) is 11.7. The highest BCUT2D eigenvalue weighted by Crippen LogP contribution is 2.25. The van der Waals surface area contributed by atoms with E-state index in [0.29, 0.717) is 0 Å². The number of hydrogen-bond donors (Lipinski definition) is 1. The molecule has 17 heavy (non-hydrogen) atoms. The molecule has 0 amide bonds. The van der Waals surface area contributed by atoms with Gasteiger partial charge in [-0.05, 0) is 13.8 Å². The predicted octanol–water partition coefficient (Wildman–Crippen LogP) is 2.60. The van der Waals surface area contributed by atoms with Crippen LogP contribution in [0.15, 0.2) is 10.9 Å². The highest BCUT2D eigenvalue weighted by atomic mass is 32.1. The highest BCUT2D eigenvalue weighted by Gasteiger charge is 2.12. The molecule has 2 aromatic rings. The van der Waals surface area contributed by atoms with E-state index in [9.17, 15) is 5.11 Å². The van der Waals surface area contributed by atoms with E-state index in [-0.39, 0.29) is 0 Å². The van der Waals surface area contributed by atoms with Crippen molar-refractivity contribution in [1.82, 2.24) is 9.97 Å². The second-order valence-corrected chi connectivity index (χ2v) is 5.72. The third kappa shape index (κ3) is 2.83. The molecule has 0 saturated heterocycles. The number of aromatic nitrogens is 2. The van der Waals surface area contributed by atoms with Crippen LogP contribution in [0.1, 0.15) is 29.3 Å². The van der Waals surface area contributed by atoms with Gasteiger partial charge in [0.2, 0.25) is 0 Å². The number of thiazole rings is 2. The topological polar surface area (TPSA) is 49.2 Å². The summed E-state index contributed by atoms with van der Waals surface area (Å²) in [4.78, 5) is 12.0. The lowest BCUT2D eigenvalue weighted by Gasteiger charge is -2.14. The fraction of sp³-hybridized carbons (Fsp3) is 0.455. The first-order valence-corrected chi connectivity index (χ1v) is 7.07. The minimum atomic E-state index is -0.501. The number of hydrogen-bond acceptors (Lipinski definition) is 6. The van der Waals surface area contributed by atoms with E-state index in [1.807, 2.05) is 24.9 Å². The molecule has 0 aliphatic rings. The summed E-state index contributed by atoms with van der Waals surface area (Å²) in [5, 5.41) is 12.3. The van der Waals surface area contributed by atoms with Gasteiger partial charge in [0.05, 0.1) is 29.5 Å². The van der Waals surface area contributed by atoms with Crippen LogP contribution in [0.25, 0.3) is 0 Å². The second kappa shape index (κ2) is 5.12. The van der Waals surface area contributed by atoms with Gasteiger partial charge in [-0.1, -0.05) is 0 Å². The summed E-state index contributed by atoms with van der Waals surface area (Å²) in [5.74, 6) is 0. The van der Waals surface area contributed by atoms with Gasteiger partial charge in [0.1, 0.15) is 0 Å². The molecule has 2 heterocycles. The lowest BCUT2D eigenvalue weighted by Crippen LogP contribution is -2.16. The molecule has 0 aromatic carbocycles. The monoisotopic (exact) mass is 269 g/mol. The third-order valence-electron chi connectivity index (χ3n) is 2.49. The Balaban J connectivity index is 2.09. The quantitative estimate of drug-likeness (QED) is 0.927. The number of aryl methyl sites for hydroxylation is 1. The van der Waals surface area contributed by atoms with Crippen LogP contribution in [-0.2, 0) is 6.54 Å². The van der Waals surface area contributed by atoms with E-state index in [0.717, 1.165) is 23.1 Å². The lowest BCUT2D eigenvalue weighted by molar-refractivity contribution is 0.195. The molecule has 0 saturated carbocycles. The van der Waals surface area contributed by atoms with Crippen LogP contribution < -0.4 is 4.90 Å². The fourth-order valence-electron chi connectivity index (χ4n) is 1.40. The summed E-state index contributed by atoms with van der Waals surface area (Å²) in [6, 6.07) is 0. The summed E-state index contributed by atoms with van der Waals surface area (Å²) in [5.41, 5.74) is 3.67. The zero-order valence-electron chi connectivity index (χ0n) is 10.0. The number of rotatable bonds is 4. The number of aliphatic hydroxyl groups is 1. The molecule has 1 N–H and O–H groups in total. The van der Waals surface area contributed by atoms with Crippen molar-refractivity contribution in [3.8, 4) is 0 Å². The van der Waals surface area contributed by atoms with Crippen LogP contribution in [0.2, 0.25) is 0 Å².